The second-order valence-corrected chi connectivity index (χ2v) is 5.73. The zero-order valence-corrected chi connectivity index (χ0v) is 12.2. The van der Waals surface area contributed by atoms with Gasteiger partial charge < -0.3 is 10.2 Å². The third kappa shape index (κ3) is 3.93. The molecule has 0 unspecified atom stereocenters. The number of nitrogens with one attached hydrogen (secondary N) is 1. The molecule has 3 heteroatoms. The molecule has 19 heavy (non-hydrogen) atoms. The number of halogens is 1. The summed E-state index contributed by atoms with van der Waals surface area (Å²) in [5.74, 6) is -0.142. The van der Waals surface area contributed by atoms with E-state index in [9.17, 15) is 4.39 Å². The molecular formula is C16H25FN2. The molecule has 1 fully saturated rings. The Balaban J connectivity index is 2.21. The van der Waals surface area contributed by atoms with Crippen molar-refractivity contribution in [3.63, 3.8) is 0 Å². The zero-order chi connectivity index (χ0) is 13.8. The fourth-order valence-electron chi connectivity index (χ4n) is 2.42. The Morgan fingerprint density at radius 1 is 1.37 bits per heavy atom. The standard InChI is InChI=1S/C16H25FN2/c1-4-9-19(15-6-7-15)16-8-5-14(17)10-13(16)11-18-12(2)3/h5,8,10,12,15,18H,4,6-7,9,11H2,1-3H3. The van der Waals surface area contributed by atoms with Crippen LogP contribution in [0.15, 0.2) is 18.2 Å². The Hall–Kier alpha value is -1.09. The van der Waals surface area contributed by atoms with Gasteiger partial charge in [0.05, 0.1) is 0 Å². The highest BCUT2D eigenvalue weighted by atomic mass is 19.1. The topological polar surface area (TPSA) is 15.3 Å². The summed E-state index contributed by atoms with van der Waals surface area (Å²) in [5, 5.41) is 3.39. The van der Waals surface area contributed by atoms with Crippen LogP contribution in [0.1, 0.15) is 45.6 Å². The maximum Gasteiger partial charge on any atom is 0.123 e. The van der Waals surface area contributed by atoms with Crippen molar-refractivity contribution in [2.45, 2.75) is 58.7 Å². The highest BCUT2D eigenvalue weighted by Crippen LogP contribution is 2.34. The maximum atomic E-state index is 13.5. The highest BCUT2D eigenvalue weighted by Gasteiger charge is 2.29. The molecule has 0 amide bonds. The van der Waals surface area contributed by atoms with E-state index >= 15 is 0 Å². The van der Waals surface area contributed by atoms with Gasteiger partial charge in [-0.1, -0.05) is 20.8 Å². The summed E-state index contributed by atoms with van der Waals surface area (Å²) >= 11 is 0. The summed E-state index contributed by atoms with van der Waals surface area (Å²) in [5.41, 5.74) is 2.29. The molecule has 2 rings (SSSR count). The monoisotopic (exact) mass is 264 g/mol. The molecule has 0 spiro atoms. The maximum absolute atomic E-state index is 13.5. The van der Waals surface area contributed by atoms with Crippen LogP contribution in [0.2, 0.25) is 0 Å². The third-order valence-corrected chi connectivity index (χ3v) is 3.50. The predicted molar refractivity (Wildman–Crippen MR) is 79.0 cm³/mol. The molecule has 0 atom stereocenters. The molecule has 0 heterocycles. The van der Waals surface area contributed by atoms with Gasteiger partial charge in [-0.2, -0.15) is 0 Å². The Bertz CT molecular complexity index is 413. The van der Waals surface area contributed by atoms with Crippen molar-refractivity contribution in [3.05, 3.63) is 29.6 Å². The molecule has 1 saturated carbocycles. The van der Waals surface area contributed by atoms with Gasteiger partial charge in [-0.3, -0.25) is 0 Å². The SMILES string of the molecule is CCCN(c1ccc(F)cc1CNC(C)C)C1CC1. The van der Waals surface area contributed by atoms with Crippen LogP contribution in [-0.4, -0.2) is 18.6 Å². The summed E-state index contributed by atoms with van der Waals surface area (Å²) < 4.78 is 13.5. The molecule has 1 aliphatic carbocycles. The minimum atomic E-state index is -0.142. The Kier molecular flexibility index (Phi) is 4.81. The number of hydrogen-bond donors (Lipinski definition) is 1. The van der Waals surface area contributed by atoms with E-state index in [1.165, 1.54) is 18.5 Å². The van der Waals surface area contributed by atoms with Crippen molar-refractivity contribution < 1.29 is 4.39 Å². The first-order valence-corrected chi connectivity index (χ1v) is 7.40. The van der Waals surface area contributed by atoms with Crippen LogP contribution in [0.25, 0.3) is 0 Å². The second kappa shape index (κ2) is 6.38. The summed E-state index contributed by atoms with van der Waals surface area (Å²) in [6.45, 7) is 8.22. The Labute approximate surface area is 116 Å². The van der Waals surface area contributed by atoms with Crippen molar-refractivity contribution in [2.75, 3.05) is 11.4 Å². The van der Waals surface area contributed by atoms with Crippen molar-refractivity contribution in [1.29, 1.82) is 0 Å². The molecule has 1 aliphatic rings. The first kappa shape index (κ1) is 14.3. The Morgan fingerprint density at radius 3 is 2.68 bits per heavy atom. The lowest BCUT2D eigenvalue weighted by Crippen LogP contribution is -2.29. The van der Waals surface area contributed by atoms with E-state index in [-0.39, 0.29) is 5.82 Å². The van der Waals surface area contributed by atoms with Crippen LogP contribution in [0.3, 0.4) is 0 Å². The zero-order valence-electron chi connectivity index (χ0n) is 12.2. The van der Waals surface area contributed by atoms with Gasteiger partial charge >= 0.3 is 0 Å². The van der Waals surface area contributed by atoms with Crippen molar-refractivity contribution in [3.8, 4) is 0 Å². The molecule has 2 nitrogen and oxygen atoms in total. The van der Waals surface area contributed by atoms with Gasteiger partial charge in [-0.05, 0) is 43.0 Å². The van der Waals surface area contributed by atoms with Crippen LogP contribution in [-0.2, 0) is 6.54 Å². The van der Waals surface area contributed by atoms with Gasteiger partial charge in [-0.25, -0.2) is 4.39 Å². The van der Waals surface area contributed by atoms with Gasteiger partial charge in [0.2, 0.25) is 0 Å². The molecule has 1 aromatic carbocycles. The molecular weight excluding hydrogens is 239 g/mol. The molecule has 0 aliphatic heterocycles. The van der Waals surface area contributed by atoms with Crippen molar-refractivity contribution >= 4 is 5.69 Å². The van der Waals surface area contributed by atoms with Crippen LogP contribution >= 0.6 is 0 Å². The Morgan fingerprint density at radius 2 is 2.11 bits per heavy atom. The van der Waals surface area contributed by atoms with Crippen molar-refractivity contribution in [2.24, 2.45) is 0 Å². The quantitative estimate of drug-likeness (QED) is 0.807. The van der Waals surface area contributed by atoms with Gasteiger partial charge in [0.25, 0.3) is 0 Å². The largest absolute Gasteiger partial charge is 0.368 e. The van der Waals surface area contributed by atoms with Gasteiger partial charge in [0, 0.05) is 30.9 Å². The molecule has 106 valence electrons. The molecule has 0 bridgehead atoms. The minimum absolute atomic E-state index is 0.142. The minimum Gasteiger partial charge on any atom is -0.368 e. The lowest BCUT2D eigenvalue weighted by Gasteiger charge is -2.27. The smallest absolute Gasteiger partial charge is 0.123 e. The van der Waals surface area contributed by atoms with E-state index in [2.05, 4.69) is 31.0 Å². The lowest BCUT2D eigenvalue weighted by atomic mass is 10.1. The normalized spacial score (nSPS) is 15.0. The van der Waals surface area contributed by atoms with E-state index in [1.807, 2.05) is 6.07 Å². The summed E-state index contributed by atoms with van der Waals surface area (Å²) in [4.78, 5) is 2.46. The summed E-state index contributed by atoms with van der Waals surface area (Å²) in [7, 11) is 0. The number of benzene rings is 1. The fraction of sp³-hybridized carbons (Fsp3) is 0.625. The molecule has 0 saturated heterocycles. The number of anilines is 1. The predicted octanol–water partition coefficient (Wildman–Crippen LogP) is 3.70. The van der Waals surface area contributed by atoms with Crippen LogP contribution in [0, 0.1) is 5.82 Å². The average Bonchev–Trinajstić information content (AvgIpc) is 3.18. The van der Waals surface area contributed by atoms with E-state index in [0.29, 0.717) is 12.1 Å². The second-order valence-electron chi connectivity index (χ2n) is 5.73. The van der Waals surface area contributed by atoms with Gasteiger partial charge in [0.15, 0.2) is 0 Å². The lowest BCUT2D eigenvalue weighted by molar-refractivity contribution is 0.579. The van der Waals surface area contributed by atoms with Crippen LogP contribution in [0.5, 0.6) is 0 Å². The molecule has 0 radical (unpaired) electrons. The van der Waals surface area contributed by atoms with Crippen LogP contribution < -0.4 is 10.2 Å². The van der Waals surface area contributed by atoms with E-state index in [4.69, 9.17) is 0 Å². The average molecular weight is 264 g/mol. The fourth-order valence-corrected chi connectivity index (χ4v) is 2.42. The molecule has 0 aromatic heterocycles. The van der Waals surface area contributed by atoms with E-state index < -0.39 is 0 Å². The first-order valence-electron chi connectivity index (χ1n) is 7.40. The number of rotatable bonds is 7. The first-order chi connectivity index (χ1) is 9.11. The van der Waals surface area contributed by atoms with Crippen molar-refractivity contribution in [1.82, 2.24) is 5.32 Å². The number of nitrogens with zero attached hydrogens (tertiary/aromatic N) is 1. The summed E-state index contributed by atoms with van der Waals surface area (Å²) in [6, 6.07) is 6.29. The highest BCUT2D eigenvalue weighted by molar-refractivity contribution is 5.55. The van der Waals surface area contributed by atoms with Gasteiger partial charge in [0.1, 0.15) is 5.82 Å². The number of hydrogen-bond acceptors (Lipinski definition) is 2. The van der Waals surface area contributed by atoms with E-state index in [0.717, 1.165) is 25.1 Å². The summed E-state index contributed by atoms with van der Waals surface area (Å²) in [6.07, 6.45) is 3.67. The third-order valence-electron chi connectivity index (χ3n) is 3.50. The van der Waals surface area contributed by atoms with E-state index in [1.54, 1.807) is 12.1 Å². The van der Waals surface area contributed by atoms with Gasteiger partial charge in [-0.15, -0.1) is 0 Å². The molecule has 1 N–H and O–H groups in total. The molecule has 1 aromatic rings. The van der Waals surface area contributed by atoms with Crippen LogP contribution in [0.4, 0.5) is 10.1 Å².